The molecule has 132 valence electrons. The first-order chi connectivity index (χ1) is 12.6. The zero-order chi connectivity index (χ0) is 18.5. The molecule has 2 aromatic rings. The van der Waals surface area contributed by atoms with E-state index >= 15 is 0 Å². The normalized spacial score (nSPS) is 16.6. The molecule has 25 heavy (non-hydrogen) atoms. The van der Waals surface area contributed by atoms with E-state index in [0.29, 0.717) is 18.4 Å². The van der Waals surface area contributed by atoms with Crippen molar-refractivity contribution in [3.05, 3.63) is 65.2 Å². The number of carbonyl (C=O) groups excluding carboxylic acids is 1. The summed E-state index contributed by atoms with van der Waals surface area (Å²) < 4.78 is 18.3. The summed E-state index contributed by atoms with van der Waals surface area (Å²) in [5.41, 5.74) is 3.09. The summed E-state index contributed by atoms with van der Waals surface area (Å²) in [6, 6.07) is 16.1. The molecule has 2 atom stereocenters. The van der Waals surface area contributed by atoms with Crippen LogP contribution in [0.3, 0.4) is 0 Å². The Morgan fingerprint density at radius 1 is 1.12 bits per heavy atom. The summed E-state index contributed by atoms with van der Waals surface area (Å²) in [6.45, 7) is 4.51. The van der Waals surface area contributed by atoms with Crippen LogP contribution in [0.1, 0.15) is 56.6 Å². The van der Waals surface area contributed by atoms with Gasteiger partial charge in [-0.05, 0) is 42.7 Å². The molecule has 0 spiro atoms. The van der Waals surface area contributed by atoms with E-state index in [-0.39, 0.29) is 13.1 Å². The highest BCUT2D eigenvalue weighted by atomic mass is 16.5. The zero-order valence-corrected chi connectivity index (χ0v) is 14.9. The average Bonchev–Trinajstić information content (AvgIpc) is 3.51. The van der Waals surface area contributed by atoms with E-state index in [1.807, 2.05) is 49.4 Å². The minimum Gasteiger partial charge on any atom is -0.488 e. The Hall–Kier alpha value is -2.29. The van der Waals surface area contributed by atoms with Gasteiger partial charge in [0.05, 0.1) is 14.4 Å². The Morgan fingerprint density at radius 3 is 2.52 bits per heavy atom. The third kappa shape index (κ3) is 4.04. The summed E-state index contributed by atoms with van der Waals surface area (Å²) in [5, 5.41) is 0. The van der Waals surface area contributed by atoms with Crippen molar-refractivity contribution in [2.24, 2.45) is 5.92 Å². The molecule has 1 aliphatic carbocycles. The topological polar surface area (TPSA) is 35.5 Å². The van der Waals surface area contributed by atoms with Gasteiger partial charge in [0.2, 0.25) is 0 Å². The summed E-state index contributed by atoms with van der Waals surface area (Å²) in [7, 11) is -0.360. The molecule has 2 unspecified atom stereocenters. The fourth-order valence-electron chi connectivity index (χ4n) is 3.27. The van der Waals surface area contributed by atoms with Crippen molar-refractivity contribution in [3.8, 4) is 5.75 Å². The molecule has 2 aromatic carbocycles. The monoisotopic (exact) mass is 339 g/mol. The Labute approximate surface area is 151 Å². The Morgan fingerprint density at radius 2 is 1.84 bits per heavy atom. The molecule has 1 fully saturated rings. The quantitative estimate of drug-likeness (QED) is 0.662. The van der Waals surface area contributed by atoms with Crippen LogP contribution in [-0.2, 0) is 16.1 Å². The van der Waals surface area contributed by atoms with E-state index < -0.39 is 5.92 Å². The van der Waals surface area contributed by atoms with Crippen molar-refractivity contribution in [2.75, 3.05) is 7.09 Å². The lowest BCUT2D eigenvalue weighted by molar-refractivity contribution is -0.142. The minimum absolute atomic E-state index is 0.360. The van der Waals surface area contributed by atoms with Crippen molar-refractivity contribution in [1.82, 2.24) is 0 Å². The van der Waals surface area contributed by atoms with Gasteiger partial charge >= 0.3 is 5.97 Å². The van der Waals surface area contributed by atoms with Crippen LogP contribution in [-0.4, -0.2) is 13.1 Å². The molecule has 3 heteroatoms. The van der Waals surface area contributed by atoms with E-state index in [9.17, 15) is 4.79 Å². The molecule has 0 aliphatic heterocycles. The number of carbonyl (C=O) groups is 1. The fourth-order valence-corrected chi connectivity index (χ4v) is 3.27. The summed E-state index contributed by atoms with van der Waals surface area (Å²) >= 11 is 0. The third-order valence-electron chi connectivity index (χ3n) is 5.08. The van der Waals surface area contributed by atoms with Crippen LogP contribution in [0.4, 0.5) is 0 Å². The second kappa shape index (κ2) is 7.73. The lowest BCUT2D eigenvalue weighted by Gasteiger charge is -2.22. The molecule has 1 saturated carbocycles. The van der Waals surface area contributed by atoms with E-state index in [4.69, 9.17) is 10.8 Å². The van der Waals surface area contributed by atoms with Gasteiger partial charge in [0.1, 0.15) is 12.4 Å². The molecule has 0 radical (unpaired) electrons. The maximum Gasteiger partial charge on any atom is 0.312 e. The number of esters is 1. The van der Waals surface area contributed by atoms with Crippen LogP contribution in [0.2, 0.25) is 0 Å². The second-order valence-corrected chi connectivity index (χ2v) is 6.85. The molecule has 1 aliphatic rings. The van der Waals surface area contributed by atoms with Crippen LogP contribution in [0, 0.1) is 5.92 Å². The summed E-state index contributed by atoms with van der Waals surface area (Å²) in [4.78, 5) is 12.2. The van der Waals surface area contributed by atoms with Crippen LogP contribution >= 0.6 is 0 Å². The molecule has 3 nitrogen and oxygen atoms in total. The standard InChI is InChI=1S/C22H26O3/c1-15(18-12-13-18)19-10-7-11-20(16(2)22(23)24-3)21(19)25-14-17-8-5-4-6-9-17/h4-11,15-16,18H,12-14H2,1-3H3/i3D. The maximum absolute atomic E-state index is 12.2. The predicted octanol–water partition coefficient (Wildman–Crippen LogP) is 5.06. The smallest absolute Gasteiger partial charge is 0.312 e. The predicted molar refractivity (Wildman–Crippen MR) is 98.8 cm³/mol. The average molecular weight is 339 g/mol. The highest BCUT2D eigenvalue weighted by Gasteiger charge is 2.32. The van der Waals surface area contributed by atoms with Crippen molar-refractivity contribution >= 4 is 5.97 Å². The molecule has 0 N–H and O–H groups in total. The van der Waals surface area contributed by atoms with E-state index in [2.05, 4.69) is 13.0 Å². The first kappa shape index (κ1) is 16.2. The zero-order valence-electron chi connectivity index (χ0n) is 15.9. The largest absolute Gasteiger partial charge is 0.488 e. The highest BCUT2D eigenvalue weighted by molar-refractivity contribution is 5.79. The lowest BCUT2D eigenvalue weighted by Crippen LogP contribution is -2.14. The van der Waals surface area contributed by atoms with E-state index in [0.717, 1.165) is 22.4 Å². The van der Waals surface area contributed by atoms with Crippen molar-refractivity contribution in [1.29, 1.82) is 0 Å². The van der Waals surface area contributed by atoms with Gasteiger partial charge in [-0.1, -0.05) is 55.5 Å². The summed E-state index contributed by atoms with van der Waals surface area (Å²) in [6.07, 6.45) is 2.50. The van der Waals surface area contributed by atoms with Crippen LogP contribution < -0.4 is 4.74 Å². The molecular formula is C22H26O3. The summed E-state index contributed by atoms with van der Waals surface area (Å²) in [5.74, 6) is 1.04. The van der Waals surface area contributed by atoms with Gasteiger partial charge in [0.25, 0.3) is 0 Å². The van der Waals surface area contributed by atoms with E-state index in [1.165, 1.54) is 12.8 Å². The number of para-hydroxylation sites is 1. The van der Waals surface area contributed by atoms with Gasteiger partial charge in [-0.15, -0.1) is 0 Å². The number of ether oxygens (including phenoxy) is 2. The molecule has 0 heterocycles. The van der Waals surface area contributed by atoms with Gasteiger partial charge < -0.3 is 9.47 Å². The first-order valence-corrected chi connectivity index (χ1v) is 8.87. The van der Waals surface area contributed by atoms with Crippen molar-refractivity contribution < 1.29 is 15.6 Å². The van der Waals surface area contributed by atoms with Crippen molar-refractivity contribution in [2.45, 2.75) is 45.1 Å². The Kier molecular flexibility index (Phi) is 5.01. The molecule has 0 amide bonds. The third-order valence-corrected chi connectivity index (χ3v) is 5.08. The lowest BCUT2D eigenvalue weighted by atomic mass is 9.90. The number of hydrogen-bond acceptors (Lipinski definition) is 3. The fraction of sp³-hybridized carbons (Fsp3) is 0.409. The SMILES string of the molecule is [2H]COC(=O)C(C)c1cccc(C(C)C2CC2)c1OCc1ccccc1. The van der Waals surface area contributed by atoms with Crippen LogP contribution in [0.25, 0.3) is 0 Å². The van der Waals surface area contributed by atoms with Gasteiger partial charge in [-0.3, -0.25) is 4.79 Å². The Balaban J connectivity index is 1.91. The molecule has 3 rings (SSSR count). The van der Waals surface area contributed by atoms with Gasteiger partial charge in [0.15, 0.2) is 0 Å². The number of methoxy groups -OCH3 is 1. The molecule has 0 aromatic heterocycles. The number of hydrogen-bond donors (Lipinski definition) is 0. The van der Waals surface area contributed by atoms with Crippen LogP contribution in [0.15, 0.2) is 48.5 Å². The minimum atomic E-state index is -0.461. The molecule has 0 saturated heterocycles. The number of benzene rings is 2. The van der Waals surface area contributed by atoms with Gasteiger partial charge in [0, 0.05) is 5.56 Å². The Bertz CT molecular complexity index is 740. The van der Waals surface area contributed by atoms with Crippen LogP contribution in [0.5, 0.6) is 5.75 Å². The van der Waals surface area contributed by atoms with Crippen molar-refractivity contribution in [3.63, 3.8) is 0 Å². The second-order valence-electron chi connectivity index (χ2n) is 6.85. The van der Waals surface area contributed by atoms with Gasteiger partial charge in [-0.2, -0.15) is 0 Å². The number of rotatable bonds is 7. The van der Waals surface area contributed by atoms with Gasteiger partial charge in [-0.25, -0.2) is 0 Å². The maximum atomic E-state index is 12.2. The van der Waals surface area contributed by atoms with E-state index in [1.54, 1.807) is 0 Å². The first-order valence-electron chi connectivity index (χ1n) is 9.58. The molecular weight excluding hydrogens is 312 g/mol. The molecule has 0 bridgehead atoms. The highest BCUT2D eigenvalue weighted by Crippen LogP contribution is 2.46.